The molecule has 0 heterocycles. The highest BCUT2D eigenvalue weighted by Crippen LogP contribution is 2.43. The monoisotopic (exact) mass is 372 g/mol. The van der Waals surface area contributed by atoms with Crippen LogP contribution in [-0.2, 0) is 4.79 Å². The van der Waals surface area contributed by atoms with E-state index in [0.29, 0.717) is 11.8 Å². The molecule has 25 heavy (non-hydrogen) atoms. The third-order valence-electron chi connectivity index (χ3n) is 6.11. The number of rotatable bonds is 3. The van der Waals surface area contributed by atoms with Gasteiger partial charge < -0.3 is 10.6 Å². The van der Waals surface area contributed by atoms with Gasteiger partial charge in [-0.05, 0) is 56.6 Å². The minimum absolute atomic E-state index is 0. The normalized spacial score (nSPS) is 29.5. The highest BCUT2D eigenvalue weighted by molar-refractivity contribution is 5.85. The van der Waals surface area contributed by atoms with Crippen molar-refractivity contribution in [3.8, 4) is 0 Å². The van der Waals surface area contributed by atoms with Crippen LogP contribution >= 0.6 is 12.4 Å². The molecule has 3 atom stereocenters. The Bertz CT molecular complexity index is 593. The zero-order chi connectivity index (χ0) is 17.4. The maximum atomic E-state index is 14.0. The summed E-state index contributed by atoms with van der Waals surface area (Å²) in [5.41, 5.74) is 6.25. The molecule has 0 spiro atoms. The van der Waals surface area contributed by atoms with Gasteiger partial charge in [0.1, 0.15) is 11.6 Å². The van der Waals surface area contributed by atoms with Crippen LogP contribution in [0.3, 0.4) is 0 Å². The Morgan fingerprint density at radius 1 is 1.20 bits per heavy atom. The lowest BCUT2D eigenvalue weighted by molar-refractivity contribution is -0.139. The van der Waals surface area contributed by atoms with Crippen molar-refractivity contribution in [1.29, 1.82) is 0 Å². The summed E-state index contributed by atoms with van der Waals surface area (Å²) >= 11 is 0. The van der Waals surface area contributed by atoms with E-state index in [-0.39, 0.29) is 35.8 Å². The van der Waals surface area contributed by atoms with Gasteiger partial charge in [0.15, 0.2) is 0 Å². The lowest BCUT2D eigenvalue weighted by atomic mass is 9.65. The zero-order valence-electron chi connectivity index (χ0n) is 14.8. The van der Waals surface area contributed by atoms with Gasteiger partial charge in [-0.25, -0.2) is 8.78 Å². The Kier molecular flexibility index (Phi) is 6.44. The summed E-state index contributed by atoms with van der Waals surface area (Å²) in [5, 5.41) is 0. The van der Waals surface area contributed by atoms with Crippen molar-refractivity contribution in [2.24, 2.45) is 23.5 Å². The van der Waals surface area contributed by atoms with Crippen LogP contribution in [0.25, 0.3) is 0 Å². The Hall–Kier alpha value is -1.20. The first-order chi connectivity index (χ1) is 11.4. The van der Waals surface area contributed by atoms with Gasteiger partial charge in [0.25, 0.3) is 0 Å². The standard InChI is InChI=1S/C19H26F2N2O.ClH/c1-11(17-15(20)7-4-8-16(17)21)23(2)19(24)14-9-12-5-3-6-13(10-14)18(12)22;/h4,7-8,11-14,18H,3,5-6,9-10,22H2,1-2H3;1H. The van der Waals surface area contributed by atoms with Gasteiger partial charge in [0.2, 0.25) is 5.91 Å². The Balaban J connectivity index is 0.00000225. The molecule has 0 radical (unpaired) electrons. The molecule has 0 aromatic heterocycles. The molecule has 3 rings (SSSR count). The molecule has 3 unspecified atom stereocenters. The fraction of sp³-hybridized carbons (Fsp3) is 0.632. The number of fused-ring (bicyclic) bond motifs is 2. The van der Waals surface area contributed by atoms with E-state index in [1.165, 1.54) is 29.5 Å². The van der Waals surface area contributed by atoms with E-state index in [0.717, 1.165) is 25.7 Å². The van der Waals surface area contributed by atoms with E-state index in [2.05, 4.69) is 0 Å². The average molecular weight is 373 g/mol. The maximum absolute atomic E-state index is 14.0. The molecule has 3 nitrogen and oxygen atoms in total. The van der Waals surface area contributed by atoms with Crippen molar-refractivity contribution in [3.05, 3.63) is 35.4 Å². The molecule has 6 heteroatoms. The van der Waals surface area contributed by atoms with Crippen molar-refractivity contribution in [2.75, 3.05) is 7.05 Å². The number of hydrogen-bond donors (Lipinski definition) is 1. The maximum Gasteiger partial charge on any atom is 0.225 e. The molecule has 1 aromatic carbocycles. The van der Waals surface area contributed by atoms with Crippen LogP contribution in [0.5, 0.6) is 0 Å². The predicted molar refractivity (Wildman–Crippen MR) is 96.3 cm³/mol. The zero-order valence-corrected chi connectivity index (χ0v) is 15.6. The van der Waals surface area contributed by atoms with Crippen molar-refractivity contribution in [2.45, 2.75) is 51.1 Å². The molecule has 2 bridgehead atoms. The molecule has 2 saturated carbocycles. The second kappa shape index (κ2) is 8.00. The number of amides is 1. The summed E-state index contributed by atoms with van der Waals surface area (Å²) in [7, 11) is 1.64. The first-order valence-electron chi connectivity index (χ1n) is 8.86. The fourth-order valence-corrected chi connectivity index (χ4v) is 4.57. The molecule has 1 aromatic rings. The summed E-state index contributed by atoms with van der Waals surface area (Å²) in [5.74, 6) is -0.508. The molecule has 2 fully saturated rings. The minimum atomic E-state index is -0.630. The van der Waals surface area contributed by atoms with Crippen LogP contribution in [0.4, 0.5) is 8.78 Å². The molecule has 2 N–H and O–H groups in total. The molecular weight excluding hydrogens is 346 g/mol. The lowest BCUT2D eigenvalue weighted by Gasteiger charge is -2.44. The van der Waals surface area contributed by atoms with E-state index in [1.54, 1.807) is 14.0 Å². The Morgan fingerprint density at radius 2 is 1.72 bits per heavy atom. The van der Waals surface area contributed by atoms with Crippen LogP contribution in [-0.4, -0.2) is 23.9 Å². The van der Waals surface area contributed by atoms with Crippen molar-refractivity contribution < 1.29 is 13.6 Å². The SMILES string of the molecule is CC(c1c(F)cccc1F)N(C)C(=O)C1CC2CCCC(C1)C2N.Cl. The predicted octanol–water partition coefficient (Wildman–Crippen LogP) is 4.06. The number of benzene rings is 1. The third-order valence-corrected chi connectivity index (χ3v) is 6.11. The van der Waals surface area contributed by atoms with Crippen molar-refractivity contribution in [1.82, 2.24) is 4.90 Å². The molecule has 140 valence electrons. The summed E-state index contributed by atoms with van der Waals surface area (Å²) in [6.07, 6.45) is 4.96. The van der Waals surface area contributed by atoms with Crippen LogP contribution in [0.1, 0.15) is 50.6 Å². The summed E-state index contributed by atoms with van der Waals surface area (Å²) in [6.45, 7) is 1.68. The highest BCUT2D eigenvalue weighted by Gasteiger charge is 2.42. The summed E-state index contributed by atoms with van der Waals surface area (Å²) < 4.78 is 28.0. The topological polar surface area (TPSA) is 46.3 Å². The van der Waals surface area contributed by atoms with Crippen LogP contribution in [0.15, 0.2) is 18.2 Å². The van der Waals surface area contributed by atoms with Crippen LogP contribution < -0.4 is 5.73 Å². The van der Waals surface area contributed by atoms with E-state index >= 15 is 0 Å². The van der Waals surface area contributed by atoms with Gasteiger partial charge in [-0.15, -0.1) is 12.4 Å². The second-order valence-corrected chi connectivity index (χ2v) is 7.46. The van der Waals surface area contributed by atoms with Gasteiger partial charge in [-0.3, -0.25) is 4.79 Å². The smallest absolute Gasteiger partial charge is 0.225 e. The highest BCUT2D eigenvalue weighted by atomic mass is 35.5. The number of carbonyl (C=O) groups excluding carboxylic acids is 1. The largest absolute Gasteiger partial charge is 0.339 e. The number of nitrogens with zero attached hydrogens (tertiary/aromatic N) is 1. The Morgan fingerprint density at radius 3 is 2.24 bits per heavy atom. The summed E-state index contributed by atoms with van der Waals surface area (Å²) in [6, 6.07) is 3.38. The van der Waals surface area contributed by atoms with Gasteiger partial charge in [0.05, 0.1) is 6.04 Å². The first kappa shape index (κ1) is 20.1. The van der Waals surface area contributed by atoms with E-state index < -0.39 is 17.7 Å². The first-order valence-corrected chi connectivity index (χ1v) is 8.86. The average Bonchev–Trinajstić information content (AvgIpc) is 2.53. The van der Waals surface area contributed by atoms with Crippen LogP contribution in [0.2, 0.25) is 0 Å². The van der Waals surface area contributed by atoms with Crippen molar-refractivity contribution >= 4 is 18.3 Å². The van der Waals surface area contributed by atoms with Crippen LogP contribution in [0, 0.1) is 29.4 Å². The minimum Gasteiger partial charge on any atom is -0.339 e. The molecule has 2 aliphatic rings. The lowest BCUT2D eigenvalue weighted by Crippen LogP contribution is -2.49. The number of nitrogens with two attached hydrogens (primary N) is 1. The summed E-state index contributed by atoms with van der Waals surface area (Å²) in [4.78, 5) is 14.4. The van der Waals surface area contributed by atoms with Gasteiger partial charge in [0, 0.05) is 24.6 Å². The number of hydrogen-bond acceptors (Lipinski definition) is 2. The molecular formula is C19H27ClF2N2O. The van der Waals surface area contributed by atoms with E-state index in [1.807, 2.05) is 0 Å². The molecule has 0 saturated heterocycles. The Labute approximate surface area is 154 Å². The van der Waals surface area contributed by atoms with Gasteiger partial charge >= 0.3 is 0 Å². The van der Waals surface area contributed by atoms with E-state index in [9.17, 15) is 13.6 Å². The number of carbonyl (C=O) groups is 1. The van der Waals surface area contributed by atoms with Crippen molar-refractivity contribution in [3.63, 3.8) is 0 Å². The molecule has 2 aliphatic carbocycles. The third kappa shape index (κ3) is 3.82. The number of halogens is 3. The van der Waals surface area contributed by atoms with Gasteiger partial charge in [-0.2, -0.15) is 0 Å². The van der Waals surface area contributed by atoms with E-state index in [4.69, 9.17) is 5.73 Å². The van der Waals surface area contributed by atoms with Gasteiger partial charge in [-0.1, -0.05) is 12.5 Å². The molecule has 1 amide bonds. The quantitative estimate of drug-likeness (QED) is 0.869. The fourth-order valence-electron chi connectivity index (χ4n) is 4.57. The molecule has 0 aliphatic heterocycles. The second-order valence-electron chi connectivity index (χ2n) is 7.46.